The fourth-order valence-corrected chi connectivity index (χ4v) is 3.59. The highest BCUT2D eigenvalue weighted by Gasteiger charge is 2.52. The molecule has 0 radical (unpaired) electrons. The van der Waals surface area contributed by atoms with Crippen LogP contribution < -0.4 is 0 Å². The second kappa shape index (κ2) is 7.10. The molecule has 0 aromatic carbocycles. The lowest BCUT2D eigenvalue weighted by atomic mass is 10.5. The molecule has 5 nitrogen and oxygen atoms in total. The van der Waals surface area contributed by atoms with Gasteiger partial charge in [-0.1, -0.05) is 0 Å². The second-order valence-corrected chi connectivity index (χ2v) is 6.50. The molecule has 0 heterocycles. The van der Waals surface area contributed by atoms with Crippen molar-refractivity contribution in [1.29, 1.82) is 0 Å². The van der Waals surface area contributed by atoms with Crippen LogP contribution >= 0.6 is 0 Å². The zero-order chi connectivity index (χ0) is 13.6. The maximum absolute atomic E-state index is 11.2. The molecule has 0 saturated carbocycles. The van der Waals surface area contributed by atoms with Crippen molar-refractivity contribution in [1.82, 2.24) is 0 Å². The molecule has 0 N–H and O–H groups in total. The van der Waals surface area contributed by atoms with Gasteiger partial charge in [-0.15, -0.1) is 0 Å². The molecule has 0 saturated heterocycles. The molecule has 0 atom stereocenters. The molecule has 0 aliphatic carbocycles. The van der Waals surface area contributed by atoms with Gasteiger partial charge in [0, 0.05) is 25.2 Å². The van der Waals surface area contributed by atoms with E-state index in [0.717, 1.165) is 0 Å². The minimum Gasteiger partial charge on any atom is -0.452 e. The van der Waals surface area contributed by atoms with E-state index in [1.165, 1.54) is 6.92 Å². The van der Waals surface area contributed by atoms with Gasteiger partial charge in [0.25, 0.3) is 5.97 Å². The van der Waals surface area contributed by atoms with Crippen LogP contribution in [0.5, 0.6) is 0 Å². The number of hydrogen-bond acceptors (Lipinski definition) is 5. The summed E-state index contributed by atoms with van der Waals surface area (Å²) >= 11 is 0. The molecule has 0 unspecified atom stereocenters. The van der Waals surface area contributed by atoms with E-state index in [0.29, 0.717) is 0 Å². The van der Waals surface area contributed by atoms with E-state index < -0.39 is 15.0 Å². The molecule has 0 rings (SSSR count). The molecule has 0 aliphatic rings. The van der Waals surface area contributed by atoms with Crippen LogP contribution in [0.15, 0.2) is 0 Å². The summed E-state index contributed by atoms with van der Waals surface area (Å²) in [6.45, 7) is 12.4. The van der Waals surface area contributed by atoms with Crippen molar-refractivity contribution >= 4 is 15.0 Å². The number of carbonyl (C=O) groups is 1. The molecule has 0 aliphatic heterocycles. The lowest BCUT2D eigenvalue weighted by Crippen LogP contribution is -2.54. The average Bonchev–Trinajstić information content (AvgIpc) is 1.95. The summed E-state index contributed by atoms with van der Waals surface area (Å²) in [5.41, 5.74) is 0. The Kier molecular flexibility index (Phi) is 6.92. The van der Waals surface area contributed by atoms with E-state index in [9.17, 15) is 4.79 Å². The highest BCUT2D eigenvalue weighted by atomic mass is 28.4. The van der Waals surface area contributed by atoms with Crippen molar-refractivity contribution in [3.8, 4) is 0 Å². The maximum Gasteiger partial charge on any atom is 0.752 e. The quantitative estimate of drug-likeness (QED) is 0.660. The van der Waals surface area contributed by atoms with Gasteiger partial charge in [-0.2, -0.15) is 0 Å². The maximum atomic E-state index is 11.2. The predicted molar refractivity (Wildman–Crippen MR) is 66.2 cm³/mol. The summed E-state index contributed by atoms with van der Waals surface area (Å²) in [6, 6.07) is 0. The molecule has 0 amide bonds. The van der Waals surface area contributed by atoms with Crippen molar-refractivity contribution in [2.24, 2.45) is 0 Å². The van der Waals surface area contributed by atoms with Gasteiger partial charge in [-0.3, -0.25) is 4.79 Å². The van der Waals surface area contributed by atoms with Gasteiger partial charge < -0.3 is 17.7 Å². The van der Waals surface area contributed by atoms with Crippen molar-refractivity contribution in [3.63, 3.8) is 0 Å². The molecule has 0 aromatic rings. The van der Waals surface area contributed by atoms with Crippen LogP contribution in [0.3, 0.4) is 0 Å². The van der Waals surface area contributed by atoms with E-state index in [-0.39, 0.29) is 18.3 Å². The van der Waals surface area contributed by atoms with Crippen molar-refractivity contribution in [3.05, 3.63) is 0 Å². The molecule has 0 bridgehead atoms. The SMILES string of the molecule is CC(=O)O[Si](OC(C)C)(OC(C)C)OC(C)C. The van der Waals surface area contributed by atoms with Gasteiger partial charge >= 0.3 is 9.05 Å². The highest BCUT2D eigenvalue weighted by molar-refractivity contribution is 6.55. The largest absolute Gasteiger partial charge is 0.752 e. The number of carbonyl (C=O) groups excluding carboxylic acids is 1. The molecular formula is C11H24O5Si. The highest BCUT2D eigenvalue weighted by Crippen LogP contribution is 2.19. The van der Waals surface area contributed by atoms with Crippen LogP contribution in [-0.2, 0) is 22.5 Å². The Bertz CT molecular complexity index is 213. The fraction of sp³-hybridized carbons (Fsp3) is 0.909. The third-order valence-electron chi connectivity index (χ3n) is 1.41. The third-order valence-corrected chi connectivity index (χ3v) is 4.23. The molecule has 102 valence electrons. The Labute approximate surface area is 105 Å². The lowest BCUT2D eigenvalue weighted by Gasteiger charge is -2.31. The Morgan fingerprint density at radius 1 is 0.824 bits per heavy atom. The van der Waals surface area contributed by atoms with Gasteiger partial charge in [-0.05, 0) is 41.5 Å². The monoisotopic (exact) mass is 264 g/mol. The number of rotatable bonds is 7. The molecule has 0 fully saturated rings. The first kappa shape index (κ1) is 16.6. The van der Waals surface area contributed by atoms with Crippen molar-refractivity contribution in [2.45, 2.75) is 66.8 Å². The van der Waals surface area contributed by atoms with E-state index in [1.807, 2.05) is 41.5 Å². The van der Waals surface area contributed by atoms with E-state index in [2.05, 4.69) is 0 Å². The normalized spacial score (nSPS) is 12.6. The van der Waals surface area contributed by atoms with Crippen LogP contribution in [0.25, 0.3) is 0 Å². The lowest BCUT2D eigenvalue weighted by molar-refractivity contribution is -0.146. The zero-order valence-electron chi connectivity index (χ0n) is 11.8. The van der Waals surface area contributed by atoms with Crippen LogP contribution in [0, 0.1) is 0 Å². The van der Waals surface area contributed by atoms with Crippen molar-refractivity contribution < 1.29 is 22.5 Å². The van der Waals surface area contributed by atoms with Gasteiger partial charge in [0.05, 0.1) is 0 Å². The molecule has 0 spiro atoms. The summed E-state index contributed by atoms with van der Waals surface area (Å²) in [6.07, 6.45) is -0.421. The fourth-order valence-electron chi connectivity index (χ4n) is 1.20. The minimum absolute atomic E-state index is 0.140. The Morgan fingerprint density at radius 3 is 1.29 bits per heavy atom. The van der Waals surface area contributed by atoms with Crippen LogP contribution in [-0.4, -0.2) is 33.3 Å². The zero-order valence-corrected chi connectivity index (χ0v) is 12.8. The van der Waals surface area contributed by atoms with Gasteiger partial charge in [0.1, 0.15) is 0 Å². The summed E-state index contributed by atoms with van der Waals surface area (Å²) in [4.78, 5) is 11.2. The molecule has 17 heavy (non-hydrogen) atoms. The topological polar surface area (TPSA) is 54.0 Å². The first-order valence-electron chi connectivity index (χ1n) is 5.90. The van der Waals surface area contributed by atoms with E-state index in [1.54, 1.807) is 0 Å². The van der Waals surface area contributed by atoms with Crippen LogP contribution in [0.2, 0.25) is 0 Å². The van der Waals surface area contributed by atoms with Crippen LogP contribution in [0.1, 0.15) is 48.5 Å². The van der Waals surface area contributed by atoms with E-state index in [4.69, 9.17) is 17.7 Å². The van der Waals surface area contributed by atoms with E-state index >= 15 is 0 Å². The summed E-state index contributed by atoms with van der Waals surface area (Å²) in [5.74, 6) is -0.460. The number of hydrogen-bond donors (Lipinski definition) is 0. The summed E-state index contributed by atoms with van der Waals surface area (Å²) in [5, 5.41) is 0. The Hall–Kier alpha value is -0.433. The summed E-state index contributed by atoms with van der Waals surface area (Å²) in [7, 11) is -3.40. The van der Waals surface area contributed by atoms with Gasteiger partial charge in [0.15, 0.2) is 0 Å². The smallest absolute Gasteiger partial charge is 0.452 e. The predicted octanol–water partition coefficient (Wildman–Crippen LogP) is 2.26. The third kappa shape index (κ3) is 7.48. The minimum atomic E-state index is -3.40. The Morgan fingerprint density at radius 2 is 1.12 bits per heavy atom. The van der Waals surface area contributed by atoms with Crippen molar-refractivity contribution in [2.75, 3.05) is 0 Å². The average molecular weight is 264 g/mol. The molecule has 6 heteroatoms. The second-order valence-electron chi connectivity index (χ2n) is 4.59. The van der Waals surface area contributed by atoms with Gasteiger partial charge in [-0.25, -0.2) is 0 Å². The summed E-state index contributed by atoms with van der Waals surface area (Å²) < 4.78 is 22.1. The molecule has 0 aromatic heterocycles. The van der Waals surface area contributed by atoms with Crippen LogP contribution in [0.4, 0.5) is 0 Å². The standard InChI is InChI=1S/C11H24O5Si/c1-8(2)13-17(14-9(3)4,15-10(5)6)16-11(7)12/h8-10H,1-7H3. The first-order chi connectivity index (χ1) is 7.67. The Balaban J connectivity index is 4.96. The molecular weight excluding hydrogens is 240 g/mol. The first-order valence-corrected chi connectivity index (χ1v) is 7.53. The van der Waals surface area contributed by atoms with Gasteiger partial charge in [0.2, 0.25) is 0 Å².